The topological polar surface area (TPSA) is 81.7 Å². The highest BCUT2D eigenvalue weighted by Gasteiger charge is 2.28. The van der Waals surface area contributed by atoms with E-state index in [1.54, 1.807) is 41.5 Å². The molecule has 128 valence electrons. The van der Waals surface area contributed by atoms with Crippen LogP contribution in [-0.4, -0.2) is 40.2 Å². The van der Waals surface area contributed by atoms with Gasteiger partial charge in [-0.25, -0.2) is 9.59 Å². The molecule has 0 heterocycles. The van der Waals surface area contributed by atoms with Crippen LogP contribution >= 0.6 is 11.8 Å². The molecule has 0 fully saturated rings. The van der Waals surface area contributed by atoms with E-state index in [2.05, 4.69) is 5.32 Å². The Labute approximate surface area is 136 Å². The van der Waals surface area contributed by atoms with Gasteiger partial charge in [0.25, 0.3) is 0 Å². The van der Waals surface area contributed by atoms with Gasteiger partial charge >= 0.3 is 12.1 Å². The van der Waals surface area contributed by atoms with Crippen LogP contribution in [0.2, 0.25) is 0 Å². The Bertz CT molecular complexity index is 409. The monoisotopic (exact) mass is 333 g/mol. The Morgan fingerprint density at radius 2 is 1.50 bits per heavy atom. The lowest BCUT2D eigenvalue weighted by Crippen LogP contribution is -2.46. The Morgan fingerprint density at radius 1 is 1.00 bits per heavy atom. The zero-order valence-corrected chi connectivity index (χ0v) is 15.3. The van der Waals surface area contributed by atoms with Gasteiger partial charge in [0.1, 0.15) is 17.2 Å². The molecule has 1 atom stereocenters. The highest BCUT2D eigenvalue weighted by atomic mass is 32.2. The predicted octanol–water partition coefficient (Wildman–Crippen LogP) is 2.89. The average Bonchev–Trinajstić information content (AvgIpc) is 2.21. The van der Waals surface area contributed by atoms with Crippen LogP contribution in [0.1, 0.15) is 54.9 Å². The molecular formula is C15H27NO5S. The third-order valence-electron chi connectivity index (χ3n) is 2.09. The summed E-state index contributed by atoms with van der Waals surface area (Å²) in [6.07, 6.45) is -0.394. The molecule has 0 aromatic carbocycles. The number of rotatable bonds is 5. The molecule has 0 unspecified atom stereocenters. The molecule has 1 amide bonds. The maximum Gasteiger partial charge on any atom is 0.408 e. The third kappa shape index (κ3) is 11.4. The van der Waals surface area contributed by atoms with Gasteiger partial charge in [0, 0.05) is 12.7 Å². The zero-order valence-electron chi connectivity index (χ0n) is 14.4. The second kappa shape index (κ2) is 8.41. The van der Waals surface area contributed by atoms with Crippen molar-refractivity contribution in [2.24, 2.45) is 0 Å². The van der Waals surface area contributed by atoms with Gasteiger partial charge in [-0.05, 0) is 48.0 Å². The molecule has 0 aliphatic carbocycles. The number of ether oxygens (including phenoxy) is 2. The van der Waals surface area contributed by atoms with E-state index in [1.807, 2.05) is 0 Å². The third-order valence-corrected chi connectivity index (χ3v) is 2.94. The van der Waals surface area contributed by atoms with E-state index < -0.39 is 29.3 Å². The molecule has 0 aromatic rings. The number of esters is 1. The van der Waals surface area contributed by atoms with Gasteiger partial charge in [-0.15, -0.1) is 0 Å². The fourth-order valence-electron chi connectivity index (χ4n) is 1.39. The molecule has 0 radical (unpaired) electrons. The Balaban J connectivity index is 4.74. The minimum absolute atomic E-state index is 0.0415. The molecule has 0 aromatic heterocycles. The number of thioether (sulfide) groups is 1. The molecule has 0 bridgehead atoms. The Kier molecular flexibility index (Phi) is 7.93. The summed E-state index contributed by atoms with van der Waals surface area (Å²) in [5, 5.41) is 2.47. The van der Waals surface area contributed by atoms with Crippen LogP contribution in [0, 0.1) is 0 Å². The summed E-state index contributed by atoms with van der Waals surface area (Å²) in [4.78, 5) is 34.9. The van der Waals surface area contributed by atoms with E-state index in [0.717, 1.165) is 11.8 Å². The van der Waals surface area contributed by atoms with Crippen LogP contribution < -0.4 is 5.32 Å². The van der Waals surface area contributed by atoms with Gasteiger partial charge in [0.2, 0.25) is 0 Å². The molecule has 0 spiro atoms. The molecule has 1 N–H and O–H groups in total. The van der Waals surface area contributed by atoms with Crippen LogP contribution in [0.15, 0.2) is 0 Å². The van der Waals surface area contributed by atoms with Crippen molar-refractivity contribution in [3.63, 3.8) is 0 Å². The van der Waals surface area contributed by atoms with Crippen molar-refractivity contribution in [2.45, 2.75) is 72.1 Å². The van der Waals surface area contributed by atoms with E-state index >= 15 is 0 Å². The van der Waals surface area contributed by atoms with Crippen LogP contribution in [-0.2, 0) is 19.1 Å². The number of alkyl carbamates (subject to hydrolysis) is 1. The van der Waals surface area contributed by atoms with Gasteiger partial charge in [-0.3, -0.25) is 4.79 Å². The minimum atomic E-state index is -0.846. The average molecular weight is 333 g/mol. The van der Waals surface area contributed by atoms with E-state index in [4.69, 9.17) is 9.47 Å². The molecule has 0 aliphatic rings. The smallest absolute Gasteiger partial charge is 0.408 e. The fraction of sp³-hybridized carbons (Fsp3) is 0.800. The van der Waals surface area contributed by atoms with Crippen molar-refractivity contribution in [1.29, 1.82) is 0 Å². The predicted molar refractivity (Wildman–Crippen MR) is 86.8 cm³/mol. The standard InChI is InChI=1S/C15H27NO5S/c1-10(17)22-9-8-11(12(18)20-14(2,3)4)16-13(19)21-15(5,6)7/h11H,8-9H2,1-7H3,(H,16,19)/t11-/m1/s1. The summed E-state index contributed by atoms with van der Waals surface area (Å²) >= 11 is 1.10. The summed E-state index contributed by atoms with van der Waals surface area (Å²) < 4.78 is 10.4. The van der Waals surface area contributed by atoms with Crippen molar-refractivity contribution in [3.8, 4) is 0 Å². The van der Waals surface area contributed by atoms with E-state index in [0.29, 0.717) is 12.2 Å². The largest absolute Gasteiger partial charge is 0.458 e. The first kappa shape index (κ1) is 20.8. The quantitative estimate of drug-likeness (QED) is 0.779. The lowest BCUT2D eigenvalue weighted by Gasteiger charge is -2.26. The molecule has 7 heteroatoms. The molecule has 0 saturated carbocycles. The number of nitrogens with one attached hydrogen (secondary N) is 1. The van der Waals surface area contributed by atoms with Crippen molar-refractivity contribution in [1.82, 2.24) is 5.32 Å². The van der Waals surface area contributed by atoms with Crippen LogP contribution in [0.5, 0.6) is 0 Å². The number of hydrogen-bond donors (Lipinski definition) is 1. The van der Waals surface area contributed by atoms with Crippen molar-refractivity contribution >= 4 is 28.9 Å². The number of carbonyl (C=O) groups is 3. The second-order valence-electron chi connectivity index (χ2n) is 6.86. The summed E-state index contributed by atoms with van der Waals surface area (Å²) in [6.45, 7) is 11.9. The van der Waals surface area contributed by atoms with Gasteiger partial charge in [-0.1, -0.05) is 11.8 Å². The number of hydrogen-bond acceptors (Lipinski definition) is 6. The summed E-state index contributed by atoms with van der Waals surface area (Å²) in [6, 6.07) is -0.846. The summed E-state index contributed by atoms with van der Waals surface area (Å²) in [5.74, 6) is -0.128. The van der Waals surface area contributed by atoms with Crippen LogP contribution in [0.3, 0.4) is 0 Å². The van der Waals surface area contributed by atoms with Gasteiger partial charge in [-0.2, -0.15) is 0 Å². The van der Waals surface area contributed by atoms with Crippen molar-refractivity contribution in [2.75, 3.05) is 5.75 Å². The maximum atomic E-state index is 12.1. The first-order valence-electron chi connectivity index (χ1n) is 7.16. The SMILES string of the molecule is CC(=O)SCC[C@@H](NC(=O)OC(C)(C)C)C(=O)OC(C)(C)C. The fourth-order valence-corrected chi connectivity index (χ4v) is 2.03. The van der Waals surface area contributed by atoms with E-state index in [1.165, 1.54) is 6.92 Å². The van der Waals surface area contributed by atoms with Crippen molar-refractivity contribution < 1.29 is 23.9 Å². The Hall–Kier alpha value is -1.24. The van der Waals surface area contributed by atoms with Crippen molar-refractivity contribution in [3.05, 3.63) is 0 Å². The van der Waals surface area contributed by atoms with E-state index in [9.17, 15) is 14.4 Å². The zero-order chi connectivity index (χ0) is 17.6. The molecule has 0 rings (SSSR count). The summed E-state index contributed by atoms with van der Waals surface area (Å²) in [5.41, 5.74) is -1.31. The molecular weight excluding hydrogens is 306 g/mol. The van der Waals surface area contributed by atoms with E-state index in [-0.39, 0.29) is 5.12 Å². The lowest BCUT2D eigenvalue weighted by molar-refractivity contribution is -0.157. The maximum absolute atomic E-state index is 12.1. The normalized spacial score (nSPS) is 13.2. The highest BCUT2D eigenvalue weighted by molar-refractivity contribution is 8.13. The lowest BCUT2D eigenvalue weighted by atomic mass is 10.1. The number of carbonyl (C=O) groups excluding carboxylic acids is 3. The molecule has 22 heavy (non-hydrogen) atoms. The second-order valence-corrected chi connectivity index (χ2v) is 8.13. The van der Waals surface area contributed by atoms with Crippen LogP contribution in [0.4, 0.5) is 4.79 Å². The highest BCUT2D eigenvalue weighted by Crippen LogP contribution is 2.13. The Morgan fingerprint density at radius 3 is 1.91 bits per heavy atom. The molecule has 0 aliphatic heterocycles. The first-order chi connectivity index (χ1) is 9.80. The minimum Gasteiger partial charge on any atom is -0.458 e. The molecule has 6 nitrogen and oxygen atoms in total. The summed E-state index contributed by atoms with van der Waals surface area (Å²) in [7, 11) is 0. The number of amides is 1. The van der Waals surface area contributed by atoms with Gasteiger partial charge in [0.15, 0.2) is 5.12 Å². The first-order valence-corrected chi connectivity index (χ1v) is 8.14. The van der Waals surface area contributed by atoms with Crippen LogP contribution in [0.25, 0.3) is 0 Å². The molecule has 0 saturated heterocycles. The van der Waals surface area contributed by atoms with Gasteiger partial charge in [0.05, 0.1) is 0 Å². The van der Waals surface area contributed by atoms with Gasteiger partial charge < -0.3 is 14.8 Å².